The molecule has 0 radical (unpaired) electrons. The molecule has 0 amide bonds. The molecule has 2 bridgehead atoms. The Morgan fingerprint density at radius 2 is 2.41 bits per heavy atom. The van der Waals surface area contributed by atoms with E-state index in [9.17, 15) is 0 Å². The maximum absolute atomic E-state index is 4.31. The molecule has 0 aliphatic carbocycles. The predicted octanol–water partition coefficient (Wildman–Crippen LogP) is 2.03. The third-order valence-corrected chi connectivity index (χ3v) is 5.17. The predicted molar refractivity (Wildman–Crippen MR) is 71.3 cm³/mol. The van der Waals surface area contributed by atoms with Crippen molar-refractivity contribution in [2.75, 3.05) is 19.6 Å². The lowest BCUT2D eigenvalue weighted by Gasteiger charge is -2.43. The molecule has 3 heterocycles. The summed E-state index contributed by atoms with van der Waals surface area (Å²) in [6.45, 7) is 7.06. The van der Waals surface area contributed by atoms with Gasteiger partial charge in [-0.15, -0.1) is 11.3 Å². The molecular formula is C13H21N3S. The van der Waals surface area contributed by atoms with Gasteiger partial charge in [-0.05, 0) is 45.2 Å². The number of rotatable bonds is 3. The molecule has 2 aliphatic heterocycles. The normalized spacial score (nSPS) is 32.6. The summed E-state index contributed by atoms with van der Waals surface area (Å²) in [5.74, 6) is 0.880. The van der Waals surface area contributed by atoms with Gasteiger partial charge in [-0.2, -0.15) is 0 Å². The van der Waals surface area contributed by atoms with E-state index in [1.54, 1.807) is 11.3 Å². The first-order chi connectivity index (χ1) is 8.33. The summed E-state index contributed by atoms with van der Waals surface area (Å²) < 4.78 is 0. The average Bonchev–Trinajstić information content (AvgIpc) is 2.75. The summed E-state index contributed by atoms with van der Waals surface area (Å²) in [7, 11) is 0. The van der Waals surface area contributed by atoms with Gasteiger partial charge in [-0.25, -0.2) is 4.98 Å². The number of aryl methyl sites for hydroxylation is 1. The van der Waals surface area contributed by atoms with Gasteiger partial charge in [0.1, 0.15) is 0 Å². The number of nitrogens with one attached hydrogen (secondary N) is 1. The van der Waals surface area contributed by atoms with Gasteiger partial charge in [-0.3, -0.25) is 0 Å². The van der Waals surface area contributed by atoms with Crippen LogP contribution in [-0.2, 0) is 6.54 Å². The molecule has 3 atom stereocenters. The number of aromatic nitrogens is 1. The highest BCUT2D eigenvalue weighted by atomic mass is 32.1. The van der Waals surface area contributed by atoms with Crippen LogP contribution in [0.2, 0.25) is 0 Å². The first kappa shape index (κ1) is 11.6. The molecule has 4 heteroatoms. The summed E-state index contributed by atoms with van der Waals surface area (Å²) >= 11 is 1.78. The largest absolute Gasteiger partial charge is 0.309 e. The Labute approximate surface area is 107 Å². The summed E-state index contributed by atoms with van der Waals surface area (Å²) in [6, 6.07) is 0.730. The van der Waals surface area contributed by atoms with E-state index in [1.165, 1.54) is 49.5 Å². The van der Waals surface area contributed by atoms with Crippen LogP contribution in [0.3, 0.4) is 0 Å². The van der Waals surface area contributed by atoms with Crippen LogP contribution >= 0.6 is 11.3 Å². The Morgan fingerprint density at radius 1 is 1.47 bits per heavy atom. The molecule has 1 aromatic heterocycles. The van der Waals surface area contributed by atoms with Crippen LogP contribution in [0.1, 0.15) is 29.8 Å². The standard InChI is InChI=1S/C13H21N3S/c1-10-13(17-9-15-10)7-14-12-4-6-16-5-2-3-11(12)8-16/h9,11-12,14H,2-8H2,1H3. The van der Waals surface area contributed by atoms with E-state index in [2.05, 4.69) is 22.1 Å². The topological polar surface area (TPSA) is 28.2 Å². The molecule has 2 fully saturated rings. The summed E-state index contributed by atoms with van der Waals surface area (Å²) in [5.41, 5.74) is 3.15. The summed E-state index contributed by atoms with van der Waals surface area (Å²) in [4.78, 5) is 8.35. The van der Waals surface area contributed by atoms with Crippen molar-refractivity contribution >= 4 is 11.3 Å². The number of thiazole rings is 1. The lowest BCUT2D eigenvalue weighted by molar-refractivity contribution is 0.0916. The van der Waals surface area contributed by atoms with Gasteiger partial charge < -0.3 is 10.2 Å². The zero-order valence-electron chi connectivity index (χ0n) is 10.5. The van der Waals surface area contributed by atoms with Crippen LogP contribution < -0.4 is 5.32 Å². The van der Waals surface area contributed by atoms with E-state index in [1.807, 2.05) is 5.51 Å². The molecule has 1 aromatic rings. The van der Waals surface area contributed by atoms with Crippen molar-refractivity contribution in [3.8, 4) is 0 Å². The van der Waals surface area contributed by atoms with E-state index in [0.29, 0.717) is 0 Å². The highest BCUT2D eigenvalue weighted by Crippen LogP contribution is 2.27. The minimum absolute atomic E-state index is 0.730. The highest BCUT2D eigenvalue weighted by Gasteiger charge is 2.31. The van der Waals surface area contributed by atoms with Crippen molar-refractivity contribution in [3.63, 3.8) is 0 Å². The maximum atomic E-state index is 4.31. The van der Waals surface area contributed by atoms with Gasteiger partial charge in [0.2, 0.25) is 0 Å². The fourth-order valence-electron chi connectivity index (χ4n) is 3.17. The summed E-state index contributed by atoms with van der Waals surface area (Å²) in [6.07, 6.45) is 4.13. The van der Waals surface area contributed by atoms with Crippen LogP contribution in [0.5, 0.6) is 0 Å². The van der Waals surface area contributed by atoms with Crippen molar-refractivity contribution in [3.05, 3.63) is 16.1 Å². The van der Waals surface area contributed by atoms with Gasteiger partial charge in [0.25, 0.3) is 0 Å². The fourth-order valence-corrected chi connectivity index (χ4v) is 3.90. The van der Waals surface area contributed by atoms with Crippen molar-refractivity contribution in [1.29, 1.82) is 0 Å². The zero-order valence-corrected chi connectivity index (χ0v) is 11.3. The molecule has 2 saturated heterocycles. The SMILES string of the molecule is Cc1ncsc1CNC1CCN2CCCC1C2. The van der Waals surface area contributed by atoms with Crippen molar-refractivity contribution in [2.24, 2.45) is 5.92 Å². The molecule has 3 rings (SSSR count). The second-order valence-electron chi connectivity index (χ2n) is 5.34. The molecule has 0 saturated carbocycles. The first-order valence-electron chi connectivity index (χ1n) is 6.67. The van der Waals surface area contributed by atoms with E-state index in [-0.39, 0.29) is 0 Å². The van der Waals surface area contributed by atoms with Crippen molar-refractivity contribution in [2.45, 2.75) is 38.8 Å². The van der Waals surface area contributed by atoms with Crippen molar-refractivity contribution < 1.29 is 0 Å². The van der Waals surface area contributed by atoms with Gasteiger partial charge in [0.15, 0.2) is 0 Å². The minimum atomic E-state index is 0.730. The van der Waals surface area contributed by atoms with E-state index < -0.39 is 0 Å². The van der Waals surface area contributed by atoms with E-state index >= 15 is 0 Å². The molecule has 3 nitrogen and oxygen atoms in total. The molecule has 2 aliphatic rings. The van der Waals surface area contributed by atoms with Crippen LogP contribution in [0.4, 0.5) is 0 Å². The van der Waals surface area contributed by atoms with Crippen LogP contribution in [0.15, 0.2) is 5.51 Å². The Morgan fingerprint density at radius 3 is 3.24 bits per heavy atom. The number of hydrogen-bond donors (Lipinski definition) is 1. The van der Waals surface area contributed by atoms with Crippen molar-refractivity contribution in [1.82, 2.24) is 15.2 Å². The number of hydrogen-bond acceptors (Lipinski definition) is 4. The van der Waals surface area contributed by atoms with E-state index in [0.717, 1.165) is 18.5 Å². The third kappa shape index (κ3) is 2.54. The molecule has 17 heavy (non-hydrogen) atoms. The fraction of sp³-hybridized carbons (Fsp3) is 0.769. The van der Waals surface area contributed by atoms with Crippen LogP contribution in [0.25, 0.3) is 0 Å². The second kappa shape index (κ2) is 5.04. The molecule has 0 spiro atoms. The first-order valence-corrected chi connectivity index (χ1v) is 7.55. The Hall–Kier alpha value is -0.450. The van der Waals surface area contributed by atoms with Crippen LogP contribution in [0, 0.1) is 12.8 Å². The quantitative estimate of drug-likeness (QED) is 0.891. The van der Waals surface area contributed by atoms with Gasteiger partial charge >= 0.3 is 0 Å². The molecule has 94 valence electrons. The van der Waals surface area contributed by atoms with Gasteiger partial charge in [-0.1, -0.05) is 0 Å². The monoisotopic (exact) mass is 251 g/mol. The zero-order chi connectivity index (χ0) is 11.7. The molecule has 1 N–H and O–H groups in total. The number of fused-ring (bicyclic) bond motifs is 2. The lowest BCUT2D eigenvalue weighted by Crippen LogP contribution is -2.51. The molecular weight excluding hydrogens is 230 g/mol. The Kier molecular flexibility index (Phi) is 3.45. The lowest BCUT2D eigenvalue weighted by atomic mass is 9.85. The Bertz CT molecular complexity index is 376. The highest BCUT2D eigenvalue weighted by molar-refractivity contribution is 7.09. The Balaban J connectivity index is 1.56. The smallest absolute Gasteiger partial charge is 0.0798 e. The number of piperidine rings is 2. The maximum Gasteiger partial charge on any atom is 0.0798 e. The van der Waals surface area contributed by atoms with E-state index in [4.69, 9.17) is 0 Å². The third-order valence-electron chi connectivity index (χ3n) is 4.24. The van der Waals surface area contributed by atoms with Gasteiger partial charge in [0, 0.05) is 24.0 Å². The average molecular weight is 251 g/mol. The number of nitrogens with zero attached hydrogens (tertiary/aromatic N) is 2. The minimum Gasteiger partial charge on any atom is -0.309 e. The summed E-state index contributed by atoms with van der Waals surface area (Å²) in [5, 5.41) is 3.76. The van der Waals surface area contributed by atoms with Gasteiger partial charge in [0.05, 0.1) is 11.2 Å². The van der Waals surface area contributed by atoms with Crippen LogP contribution in [-0.4, -0.2) is 35.6 Å². The molecule has 3 unspecified atom stereocenters. The second-order valence-corrected chi connectivity index (χ2v) is 6.28. The molecule has 0 aromatic carbocycles.